The lowest BCUT2D eigenvalue weighted by Gasteiger charge is -2.10. The zero-order chi connectivity index (χ0) is 22.1. The van der Waals surface area contributed by atoms with Crippen LogP contribution in [0.25, 0.3) is 22.3 Å². The fourth-order valence-electron chi connectivity index (χ4n) is 2.67. The number of H-pyrrole nitrogens is 1. The highest BCUT2D eigenvalue weighted by atomic mass is 35.5. The molecule has 30 heavy (non-hydrogen) atoms. The normalized spacial score (nSPS) is 10.7. The lowest BCUT2D eigenvalue weighted by molar-refractivity contribution is -0.159. The average Bonchev–Trinajstić information content (AvgIpc) is 3.16. The van der Waals surface area contributed by atoms with Crippen LogP contribution in [-0.2, 0) is 16.1 Å². The van der Waals surface area contributed by atoms with E-state index >= 15 is 0 Å². The second kappa shape index (κ2) is 11.2. The summed E-state index contributed by atoms with van der Waals surface area (Å²) in [6.45, 7) is 3.00. The first-order valence-corrected chi connectivity index (χ1v) is 9.57. The first-order valence-electron chi connectivity index (χ1n) is 9.19. The van der Waals surface area contributed by atoms with Gasteiger partial charge in [0.1, 0.15) is 5.65 Å². The highest BCUT2D eigenvalue weighted by Crippen LogP contribution is 2.26. The molecule has 0 aliphatic rings. The van der Waals surface area contributed by atoms with Crippen molar-refractivity contribution in [3.63, 3.8) is 0 Å². The molecule has 0 unspecified atom stereocenters. The van der Waals surface area contributed by atoms with Gasteiger partial charge in [-0.2, -0.15) is 4.98 Å². The van der Waals surface area contributed by atoms with Crippen LogP contribution in [0, 0.1) is 0 Å². The zero-order valence-electron chi connectivity index (χ0n) is 16.7. The van der Waals surface area contributed by atoms with Gasteiger partial charge in [0.05, 0.1) is 5.69 Å². The summed E-state index contributed by atoms with van der Waals surface area (Å²) in [4.78, 5) is 32.1. The Bertz CT molecular complexity index is 977. The molecule has 3 aromatic rings. The first-order chi connectivity index (χ1) is 14.3. The molecule has 0 atom stereocenters. The van der Waals surface area contributed by atoms with E-state index in [9.17, 15) is 0 Å². The van der Waals surface area contributed by atoms with Gasteiger partial charge in [-0.1, -0.05) is 24.3 Å². The molecular formula is C20H24ClN5O4. The van der Waals surface area contributed by atoms with Crippen molar-refractivity contribution in [2.24, 2.45) is 0 Å². The molecule has 10 heteroatoms. The molecule has 3 rings (SSSR count). The molecule has 0 aliphatic heterocycles. The number of nitrogens with zero attached hydrogens (tertiary/aromatic N) is 3. The zero-order valence-corrected chi connectivity index (χ0v) is 17.5. The quantitative estimate of drug-likeness (QED) is 0.254. The lowest BCUT2D eigenvalue weighted by atomic mass is 10.1. The molecule has 0 amide bonds. The maximum atomic E-state index is 9.10. The van der Waals surface area contributed by atoms with E-state index in [1.165, 1.54) is 5.56 Å². The maximum absolute atomic E-state index is 9.10. The van der Waals surface area contributed by atoms with E-state index in [0.717, 1.165) is 48.3 Å². The summed E-state index contributed by atoms with van der Waals surface area (Å²) in [5, 5.41) is 19.5. The Kier molecular flexibility index (Phi) is 8.72. The molecule has 9 nitrogen and oxygen atoms in total. The van der Waals surface area contributed by atoms with Gasteiger partial charge in [0.25, 0.3) is 0 Å². The first kappa shape index (κ1) is 23.3. The number of hydrogen-bond acceptors (Lipinski definition) is 6. The molecule has 2 aromatic heterocycles. The number of halogens is 1. The second-order valence-electron chi connectivity index (χ2n) is 6.72. The molecule has 0 radical (unpaired) electrons. The monoisotopic (exact) mass is 433 g/mol. The van der Waals surface area contributed by atoms with Gasteiger partial charge in [-0.25, -0.2) is 14.6 Å². The third-order valence-electron chi connectivity index (χ3n) is 4.09. The van der Waals surface area contributed by atoms with Crippen molar-refractivity contribution in [2.45, 2.75) is 13.0 Å². The van der Waals surface area contributed by atoms with Crippen LogP contribution < -0.4 is 5.32 Å². The molecule has 0 fully saturated rings. The number of nitrogens with one attached hydrogen (secondary N) is 2. The molecule has 0 spiro atoms. The SMILES string of the molecule is CN(C)CCCNCc1ccc(-c2nc(Cl)nc3[nH]ccc23)cc1.O=C(O)C(=O)O. The van der Waals surface area contributed by atoms with Crippen LogP contribution >= 0.6 is 11.6 Å². The number of fused-ring (bicyclic) bond motifs is 1. The van der Waals surface area contributed by atoms with E-state index < -0.39 is 11.9 Å². The largest absolute Gasteiger partial charge is 0.473 e. The number of aromatic nitrogens is 3. The number of carbonyl (C=O) groups is 2. The summed E-state index contributed by atoms with van der Waals surface area (Å²) in [6, 6.07) is 10.4. The number of rotatable bonds is 7. The summed E-state index contributed by atoms with van der Waals surface area (Å²) in [5.41, 5.74) is 3.92. The van der Waals surface area contributed by atoms with E-state index in [1.807, 2.05) is 12.3 Å². The van der Waals surface area contributed by atoms with Gasteiger partial charge >= 0.3 is 11.9 Å². The van der Waals surface area contributed by atoms with Crippen LogP contribution in [0.3, 0.4) is 0 Å². The van der Waals surface area contributed by atoms with Crippen LogP contribution in [0.4, 0.5) is 0 Å². The van der Waals surface area contributed by atoms with Crippen molar-refractivity contribution in [1.29, 1.82) is 0 Å². The molecule has 0 saturated carbocycles. The van der Waals surface area contributed by atoms with Crippen molar-refractivity contribution < 1.29 is 19.8 Å². The third-order valence-corrected chi connectivity index (χ3v) is 4.26. The number of carboxylic acids is 2. The van der Waals surface area contributed by atoms with Crippen LogP contribution in [0.5, 0.6) is 0 Å². The van der Waals surface area contributed by atoms with E-state index in [-0.39, 0.29) is 5.28 Å². The van der Waals surface area contributed by atoms with Gasteiger partial charge in [0.15, 0.2) is 0 Å². The van der Waals surface area contributed by atoms with Crippen molar-refractivity contribution in [1.82, 2.24) is 25.2 Å². The Hall–Kier alpha value is -3.01. The van der Waals surface area contributed by atoms with E-state index in [0.29, 0.717) is 0 Å². The van der Waals surface area contributed by atoms with Gasteiger partial charge in [-0.05, 0) is 56.8 Å². The number of benzene rings is 1. The Morgan fingerprint density at radius 3 is 2.37 bits per heavy atom. The molecule has 160 valence electrons. The lowest BCUT2D eigenvalue weighted by Crippen LogP contribution is -2.20. The Labute approximate surface area is 178 Å². The third kappa shape index (κ3) is 7.11. The summed E-state index contributed by atoms with van der Waals surface area (Å²) in [5.74, 6) is -3.65. The molecule has 2 heterocycles. The Morgan fingerprint density at radius 1 is 1.10 bits per heavy atom. The molecule has 4 N–H and O–H groups in total. The highest BCUT2D eigenvalue weighted by molar-refractivity contribution is 6.28. The van der Waals surface area contributed by atoms with Gasteiger partial charge in [-0.3, -0.25) is 0 Å². The van der Waals surface area contributed by atoms with Crippen molar-refractivity contribution in [3.05, 3.63) is 47.4 Å². The van der Waals surface area contributed by atoms with Crippen LogP contribution in [0.15, 0.2) is 36.5 Å². The maximum Gasteiger partial charge on any atom is 0.414 e. The van der Waals surface area contributed by atoms with Gasteiger partial charge in [-0.15, -0.1) is 0 Å². The van der Waals surface area contributed by atoms with Gasteiger partial charge in [0.2, 0.25) is 5.28 Å². The number of aromatic amines is 1. The minimum atomic E-state index is -1.82. The molecular weight excluding hydrogens is 410 g/mol. The van der Waals surface area contributed by atoms with Crippen LogP contribution in [-0.4, -0.2) is 69.2 Å². The summed E-state index contributed by atoms with van der Waals surface area (Å²) in [7, 11) is 4.19. The van der Waals surface area contributed by atoms with Crippen molar-refractivity contribution in [3.8, 4) is 11.3 Å². The summed E-state index contributed by atoms with van der Waals surface area (Å²) >= 11 is 6.03. The summed E-state index contributed by atoms with van der Waals surface area (Å²) in [6.07, 6.45) is 3.00. The number of hydrogen-bond donors (Lipinski definition) is 4. The van der Waals surface area contributed by atoms with Crippen LogP contribution in [0.1, 0.15) is 12.0 Å². The topological polar surface area (TPSA) is 131 Å². The predicted molar refractivity (Wildman–Crippen MR) is 114 cm³/mol. The molecule has 0 saturated heterocycles. The molecule has 0 bridgehead atoms. The molecule has 0 aliphatic carbocycles. The predicted octanol–water partition coefficient (Wildman–Crippen LogP) is 2.48. The van der Waals surface area contributed by atoms with Crippen LogP contribution in [0.2, 0.25) is 5.28 Å². The fraction of sp³-hybridized carbons (Fsp3) is 0.300. The number of aliphatic carboxylic acids is 2. The Morgan fingerprint density at radius 2 is 1.77 bits per heavy atom. The fourth-order valence-corrected chi connectivity index (χ4v) is 2.84. The average molecular weight is 434 g/mol. The van der Waals surface area contributed by atoms with Crippen molar-refractivity contribution in [2.75, 3.05) is 27.2 Å². The van der Waals surface area contributed by atoms with E-state index in [4.69, 9.17) is 31.4 Å². The minimum Gasteiger partial charge on any atom is -0.473 e. The van der Waals surface area contributed by atoms with Crippen molar-refractivity contribution >= 4 is 34.6 Å². The summed E-state index contributed by atoms with van der Waals surface area (Å²) < 4.78 is 0. The minimum absolute atomic E-state index is 0.256. The van der Waals surface area contributed by atoms with Gasteiger partial charge < -0.3 is 25.4 Å². The van der Waals surface area contributed by atoms with Gasteiger partial charge in [0, 0.05) is 23.7 Å². The van der Waals surface area contributed by atoms with E-state index in [1.54, 1.807) is 0 Å². The second-order valence-corrected chi connectivity index (χ2v) is 7.06. The Balaban J connectivity index is 0.000000469. The smallest absolute Gasteiger partial charge is 0.414 e. The standard InChI is InChI=1S/C18H22ClN5.C2H2O4/c1-24(2)11-3-9-20-12-13-4-6-14(7-5-13)16-15-8-10-21-17(15)23-18(19)22-16;3-1(4)2(5)6/h4-8,10,20H,3,9,11-12H2,1-2H3,(H,21,22,23);(H,3,4)(H,5,6). The highest BCUT2D eigenvalue weighted by Gasteiger charge is 2.09. The van der Waals surface area contributed by atoms with E-state index in [2.05, 4.69) is 63.5 Å². The number of carboxylic acid groups (broad SMARTS) is 2. The molecule has 1 aromatic carbocycles.